The van der Waals surface area contributed by atoms with Crippen LogP contribution in [0.4, 0.5) is 5.69 Å². The Kier molecular flexibility index (Phi) is 4.90. The number of rotatable bonds is 7. The third kappa shape index (κ3) is 3.55. The van der Waals surface area contributed by atoms with E-state index < -0.39 is 10.0 Å². The van der Waals surface area contributed by atoms with Gasteiger partial charge >= 0.3 is 0 Å². The maximum Gasteiger partial charge on any atom is 0.240 e. The van der Waals surface area contributed by atoms with Gasteiger partial charge in [0.15, 0.2) is 0 Å². The Balaban J connectivity index is 2.32. The molecule has 1 saturated carbocycles. The molecule has 0 heterocycles. The third-order valence-electron chi connectivity index (χ3n) is 4.18. The smallest absolute Gasteiger partial charge is 0.240 e. The van der Waals surface area contributed by atoms with Crippen molar-refractivity contribution in [3.8, 4) is 0 Å². The molecule has 1 aromatic rings. The van der Waals surface area contributed by atoms with Crippen molar-refractivity contribution in [1.82, 2.24) is 4.72 Å². The lowest BCUT2D eigenvalue weighted by molar-refractivity contribution is 0.578. The molecular weight excluding hydrogens is 304 g/mol. The maximum absolute atomic E-state index is 12.6. The lowest BCUT2D eigenvalue weighted by Crippen LogP contribution is -2.32. The van der Waals surface area contributed by atoms with E-state index in [0.717, 1.165) is 24.8 Å². The van der Waals surface area contributed by atoms with E-state index in [-0.39, 0.29) is 4.75 Å². The largest absolute Gasteiger partial charge is 0.398 e. The molecule has 21 heavy (non-hydrogen) atoms. The summed E-state index contributed by atoms with van der Waals surface area (Å²) < 4.78 is 28.2. The highest BCUT2D eigenvalue weighted by Gasteiger charge is 2.42. The van der Waals surface area contributed by atoms with E-state index in [1.165, 1.54) is 0 Å². The van der Waals surface area contributed by atoms with E-state index >= 15 is 0 Å². The van der Waals surface area contributed by atoms with Crippen molar-refractivity contribution >= 4 is 27.5 Å². The lowest BCUT2D eigenvalue weighted by atomic mass is 10.1. The predicted molar refractivity (Wildman–Crippen MR) is 90.3 cm³/mol. The molecule has 6 heteroatoms. The Hall–Kier alpha value is -0.720. The summed E-state index contributed by atoms with van der Waals surface area (Å²) in [6, 6.07) is 3.64. The van der Waals surface area contributed by atoms with Gasteiger partial charge in [-0.2, -0.15) is 11.8 Å². The van der Waals surface area contributed by atoms with Crippen LogP contribution in [-0.4, -0.2) is 26.0 Å². The molecule has 0 bridgehead atoms. The highest BCUT2D eigenvalue weighted by molar-refractivity contribution is 8.00. The fraction of sp³-hybridized carbons (Fsp3) is 0.600. The van der Waals surface area contributed by atoms with Gasteiger partial charge in [-0.25, -0.2) is 13.1 Å². The summed E-state index contributed by atoms with van der Waals surface area (Å²) in [7, 11) is -3.50. The first-order valence-electron chi connectivity index (χ1n) is 7.33. The predicted octanol–water partition coefficient (Wildman–Crippen LogP) is 2.57. The molecule has 0 aromatic heterocycles. The van der Waals surface area contributed by atoms with Gasteiger partial charge < -0.3 is 5.73 Å². The second-order valence-corrected chi connectivity index (χ2v) is 8.59. The summed E-state index contributed by atoms with van der Waals surface area (Å²) in [5.74, 6) is 0. The van der Waals surface area contributed by atoms with Crippen LogP contribution in [-0.2, 0) is 22.9 Å². The van der Waals surface area contributed by atoms with Crippen LogP contribution >= 0.6 is 11.8 Å². The average molecular weight is 329 g/mol. The summed E-state index contributed by atoms with van der Waals surface area (Å²) in [4.78, 5) is 0.346. The molecular formula is C15H24N2O2S2. The first-order valence-corrected chi connectivity index (χ1v) is 10.0. The fourth-order valence-corrected chi connectivity index (χ4v) is 4.78. The second-order valence-electron chi connectivity index (χ2n) is 5.58. The van der Waals surface area contributed by atoms with E-state index in [0.29, 0.717) is 29.1 Å². The Labute approximate surface area is 131 Å². The number of benzene rings is 1. The fourth-order valence-electron chi connectivity index (χ4n) is 2.45. The molecule has 4 nitrogen and oxygen atoms in total. The highest BCUT2D eigenvalue weighted by Crippen LogP contribution is 2.46. The van der Waals surface area contributed by atoms with Crippen molar-refractivity contribution in [3.63, 3.8) is 0 Å². The Bertz CT molecular complexity index is 623. The first-order chi connectivity index (χ1) is 9.87. The number of nitrogens with one attached hydrogen (secondary N) is 1. The molecule has 118 valence electrons. The number of hydrogen-bond donors (Lipinski definition) is 2. The van der Waals surface area contributed by atoms with Gasteiger partial charge in [-0.1, -0.05) is 13.8 Å². The number of hydrogen-bond acceptors (Lipinski definition) is 4. The van der Waals surface area contributed by atoms with Gasteiger partial charge in [0.25, 0.3) is 0 Å². The summed E-state index contributed by atoms with van der Waals surface area (Å²) in [6.45, 7) is 4.42. The third-order valence-corrected chi connectivity index (χ3v) is 7.07. The van der Waals surface area contributed by atoms with E-state index in [4.69, 9.17) is 5.73 Å². The zero-order chi connectivity index (χ0) is 15.7. The van der Waals surface area contributed by atoms with E-state index in [1.807, 2.05) is 26.2 Å². The molecule has 2 rings (SSSR count). The first kappa shape index (κ1) is 16.6. The van der Waals surface area contributed by atoms with Gasteiger partial charge in [-0.15, -0.1) is 0 Å². The topological polar surface area (TPSA) is 72.2 Å². The van der Waals surface area contributed by atoms with Gasteiger partial charge in [-0.3, -0.25) is 0 Å². The van der Waals surface area contributed by atoms with Crippen molar-refractivity contribution in [2.24, 2.45) is 0 Å². The molecule has 1 fully saturated rings. The molecule has 0 amide bonds. The Morgan fingerprint density at radius 3 is 2.43 bits per heavy atom. The van der Waals surface area contributed by atoms with Gasteiger partial charge in [0.1, 0.15) is 0 Å². The number of nitrogen functional groups attached to an aromatic ring is 1. The molecule has 0 unspecified atom stereocenters. The van der Waals surface area contributed by atoms with Crippen LogP contribution in [0.25, 0.3) is 0 Å². The quantitative estimate of drug-likeness (QED) is 0.755. The van der Waals surface area contributed by atoms with Gasteiger partial charge in [0.2, 0.25) is 10.0 Å². The number of sulfonamides is 1. The van der Waals surface area contributed by atoms with E-state index in [9.17, 15) is 8.42 Å². The standard InChI is InChI=1S/C15H24N2O2S2/c1-4-11-8-13(16)12(5-2)14(9-11)21(18,19)17-10-15(20-3)6-7-15/h8-9,17H,4-7,10,16H2,1-3H3. The number of thioether (sulfide) groups is 1. The van der Waals surface area contributed by atoms with Crippen molar-refractivity contribution in [2.75, 3.05) is 18.5 Å². The SMILES string of the molecule is CCc1cc(N)c(CC)c(S(=O)(=O)NCC2(SC)CC2)c1. The Morgan fingerprint density at radius 2 is 1.95 bits per heavy atom. The number of aryl methyl sites for hydroxylation is 1. The number of anilines is 1. The van der Waals surface area contributed by atoms with Crippen LogP contribution in [0.5, 0.6) is 0 Å². The minimum atomic E-state index is -3.50. The molecule has 1 aliphatic carbocycles. The summed E-state index contributed by atoms with van der Waals surface area (Å²) in [5, 5.41) is 0. The van der Waals surface area contributed by atoms with Crippen molar-refractivity contribution in [2.45, 2.75) is 49.2 Å². The van der Waals surface area contributed by atoms with E-state index in [2.05, 4.69) is 4.72 Å². The molecule has 1 aromatic carbocycles. The lowest BCUT2D eigenvalue weighted by Gasteiger charge is -2.17. The molecule has 0 radical (unpaired) electrons. The van der Waals surface area contributed by atoms with E-state index in [1.54, 1.807) is 17.8 Å². The molecule has 0 atom stereocenters. The average Bonchev–Trinajstić information content (AvgIpc) is 3.25. The van der Waals surface area contributed by atoms with Crippen molar-refractivity contribution < 1.29 is 8.42 Å². The van der Waals surface area contributed by atoms with Crippen LogP contribution in [0, 0.1) is 0 Å². The normalized spacial score (nSPS) is 16.9. The monoisotopic (exact) mass is 328 g/mol. The van der Waals surface area contributed by atoms with Crippen LogP contribution < -0.4 is 10.5 Å². The minimum Gasteiger partial charge on any atom is -0.398 e. The van der Waals surface area contributed by atoms with Crippen molar-refractivity contribution in [3.05, 3.63) is 23.3 Å². The van der Waals surface area contributed by atoms with Crippen LogP contribution in [0.2, 0.25) is 0 Å². The summed E-state index contributed by atoms with van der Waals surface area (Å²) >= 11 is 1.74. The van der Waals surface area contributed by atoms with Gasteiger partial charge in [0.05, 0.1) is 4.90 Å². The molecule has 1 aliphatic rings. The molecule has 0 spiro atoms. The molecule has 3 N–H and O–H groups in total. The zero-order valence-electron chi connectivity index (χ0n) is 12.9. The highest BCUT2D eigenvalue weighted by atomic mass is 32.2. The van der Waals surface area contributed by atoms with Crippen LogP contribution in [0.15, 0.2) is 17.0 Å². The second kappa shape index (κ2) is 6.18. The minimum absolute atomic E-state index is 0.105. The Morgan fingerprint density at radius 1 is 1.29 bits per heavy atom. The van der Waals surface area contributed by atoms with Gasteiger partial charge in [-0.05, 0) is 55.2 Å². The maximum atomic E-state index is 12.6. The number of nitrogens with two attached hydrogens (primary N) is 1. The summed E-state index contributed by atoms with van der Waals surface area (Å²) in [6.07, 6.45) is 5.57. The molecule has 0 saturated heterocycles. The van der Waals surface area contributed by atoms with Crippen LogP contribution in [0.3, 0.4) is 0 Å². The van der Waals surface area contributed by atoms with Crippen molar-refractivity contribution in [1.29, 1.82) is 0 Å². The summed E-state index contributed by atoms with van der Waals surface area (Å²) in [5.41, 5.74) is 8.27. The van der Waals surface area contributed by atoms with Gasteiger partial charge in [0, 0.05) is 17.0 Å². The van der Waals surface area contributed by atoms with Crippen LogP contribution in [0.1, 0.15) is 37.8 Å². The molecule has 0 aliphatic heterocycles. The zero-order valence-corrected chi connectivity index (χ0v) is 14.5.